The molecule has 0 saturated heterocycles. The Kier molecular flexibility index (Phi) is 4.20. The van der Waals surface area contributed by atoms with Crippen LogP contribution in [0.25, 0.3) is 28.0 Å². The number of hydrogen-bond donors (Lipinski definition) is 0. The van der Waals surface area contributed by atoms with Gasteiger partial charge in [0, 0.05) is 17.7 Å². The normalized spacial score (nSPS) is 10.8. The highest BCUT2D eigenvalue weighted by molar-refractivity contribution is 5.87. The van der Waals surface area contributed by atoms with Crippen molar-refractivity contribution in [3.8, 4) is 34.3 Å². The van der Waals surface area contributed by atoms with E-state index in [1.807, 2.05) is 6.07 Å². The maximum Gasteiger partial charge on any atom is 0.225 e. The van der Waals surface area contributed by atoms with Gasteiger partial charge in [0.25, 0.3) is 0 Å². The Hall–Kier alpha value is -3.86. The second-order valence-electron chi connectivity index (χ2n) is 5.86. The molecule has 4 aromatic rings. The van der Waals surface area contributed by atoms with Crippen LogP contribution in [-0.2, 0) is 0 Å². The highest BCUT2D eigenvalue weighted by atomic mass is 19.1. The monoisotopic (exact) mass is 380 g/mol. The van der Waals surface area contributed by atoms with Crippen LogP contribution in [0.1, 0.15) is 5.56 Å². The fraction of sp³-hybridized carbons (Fsp3) is 0.0500. The zero-order valence-electron chi connectivity index (χ0n) is 14.4. The summed E-state index contributed by atoms with van der Waals surface area (Å²) in [5, 5.41) is 13.5. The minimum Gasteiger partial charge on any atom is -0.480 e. The molecule has 0 fully saturated rings. The van der Waals surface area contributed by atoms with Crippen molar-refractivity contribution in [2.45, 2.75) is 0 Å². The summed E-state index contributed by atoms with van der Waals surface area (Å²) in [5.41, 5.74) is 0.614. The Morgan fingerprint density at radius 3 is 2.32 bits per heavy atom. The van der Waals surface area contributed by atoms with Crippen LogP contribution in [0.5, 0.6) is 5.88 Å². The number of hydrogen-bond acceptors (Lipinski definition) is 4. The molecule has 0 spiro atoms. The number of fused-ring (bicyclic) bond motifs is 1. The van der Waals surface area contributed by atoms with Crippen LogP contribution in [0.3, 0.4) is 0 Å². The molecule has 0 saturated carbocycles. The van der Waals surface area contributed by atoms with E-state index in [9.17, 15) is 18.4 Å². The highest BCUT2D eigenvalue weighted by Crippen LogP contribution is 2.41. The number of rotatable bonds is 3. The molecule has 2 aromatic carbocycles. The third kappa shape index (κ3) is 2.65. The molecule has 0 aliphatic carbocycles. The van der Waals surface area contributed by atoms with Crippen LogP contribution in [0.2, 0.25) is 0 Å². The zero-order valence-corrected chi connectivity index (χ0v) is 14.4. The summed E-state index contributed by atoms with van der Waals surface area (Å²) in [7, 11) is 1.29. The van der Waals surface area contributed by atoms with Gasteiger partial charge < -0.3 is 4.74 Å². The van der Waals surface area contributed by atoms with Gasteiger partial charge in [-0.3, -0.25) is 0 Å². The molecule has 0 radical (unpaired) electrons. The lowest BCUT2D eigenvalue weighted by Gasteiger charge is -2.16. The fourth-order valence-corrected chi connectivity index (χ4v) is 3.07. The number of methoxy groups -OCH3 is 1. The van der Waals surface area contributed by atoms with Crippen molar-refractivity contribution in [2.24, 2.45) is 0 Å². The van der Waals surface area contributed by atoms with E-state index < -0.39 is 23.0 Å². The van der Waals surface area contributed by atoms with Gasteiger partial charge in [-0.2, -0.15) is 15.3 Å². The molecule has 4 rings (SSSR count). The molecule has 138 valence electrons. The average Bonchev–Trinajstić information content (AvgIpc) is 3.09. The highest BCUT2D eigenvalue weighted by Gasteiger charge is 2.26. The van der Waals surface area contributed by atoms with Crippen LogP contribution in [0.15, 0.2) is 48.7 Å². The molecule has 0 amide bonds. The molecule has 0 atom stereocenters. The Morgan fingerprint density at radius 2 is 1.71 bits per heavy atom. The number of aromatic nitrogens is 3. The van der Waals surface area contributed by atoms with Crippen molar-refractivity contribution in [1.82, 2.24) is 14.6 Å². The number of benzene rings is 2. The molecule has 0 N–H and O–H groups in total. The first kappa shape index (κ1) is 17.5. The maximum atomic E-state index is 14.6. The van der Waals surface area contributed by atoms with Gasteiger partial charge in [0.1, 0.15) is 29.1 Å². The SMILES string of the molecule is COc1nc2c(C#N)cnn2c(-c2ccccc2)c1-c1c(F)cc(F)cc1F. The minimum atomic E-state index is -1.11. The Labute approximate surface area is 157 Å². The van der Waals surface area contributed by atoms with E-state index in [4.69, 9.17) is 4.74 Å². The second-order valence-corrected chi connectivity index (χ2v) is 5.86. The maximum absolute atomic E-state index is 14.6. The number of ether oxygens (including phenoxy) is 1. The molecule has 28 heavy (non-hydrogen) atoms. The summed E-state index contributed by atoms with van der Waals surface area (Å²) >= 11 is 0. The van der Waals surface area contributed by atoms with Gasteiger partial charge in [0.2, 0.25) is 5.88 Å². The largest absolute Gasteiger partial charge is 0.480 e. The lowest BCUT2D eigenvalue weighted by Crippen LogP contribution is -2.06. The predicted molar refractivity (Wildman–Crippen MR) is 95.0 cm³/mol. The number of halogens is 3. The molecule has 2 aromatic heterocycles. The Bertz CT molecular complexity index is 1220. The molecule has 0 unspecified atom stereocenters. The second kappa shape index (κ2) is 6.70. The number of nitriles is 1. The van der Waals surface area contributed by atoms with Crippen LogP contribution in [-0.4, -0.2) is 21.7 Å². The van der Waals surface area contributed by atoms with E-state index in [1.54, 1.807) is 30.3 Å². The van der Waals surface area contributed by atoms with E-state index in [-0.39, 0.29) is 28.3 Å². The van der Waals surface area contributed by atoms with Crippen molar-refractivity contribution < 1.29 is 17.9 Å². The summed E-state index contributed by atoms with van der Waals surface area (Å²) in [6, 6.07) is 11.8. The topological polar surface area (TPSA) is 63.2 Å². The van der Waals surface area contributed by atoms with Crippen molar-refractivity contribution in [3.63, 3.8) is 0 Å². The minimum absolute atomic E-state index is 0.0382. The standard InChI is InChI=1S/C20H11F3N4O/c1-28-20-17(16-14(22)7-13(21)8-15(16)23)18(11-5-3-2-4-6-11)27-19(26-20)12(9-24)10-25-27/h2-8,10H,1H3. The summed E-state index contributed by atoms with van der Waals surface area (Å²) in [4.78, 5) is 4.22. The summed E-state index contributed by atoms with van der Waals surface area (Å²) in [6.07, 6.45) is 1.30. The average molecular weight is 380 g/mol. The van der Waals surface area contributed by atoms with Crippen LogP contribution >= 0.6 is 0 Å². The Balaban J connectivity index is 2.22. The van der Waals surface area contributed by atoms with Gasteiger partial charge >= 0.3 is 0 Å². The molecule has 2 heterocycles. The number of nitrogens with zero attached hydrogens (tertiary/aromatic N) is 4. The molecule has 0 bridgehead atoms. The van der Waals surface area contributed by atoms with E-state index in [0.29, 0.717) is 17.7 Å². The van der Waals surface area contributed by atoms with Crippen molar-refractivity contribution in [3.05, 3.63) is 71.7 Å². The first-order chi connectivity index (χ1) is 13.5. The van der Waals surface area contributed by atoms with Gasteiger partial charge in [0.05, 0.1) is 30.1 Å². The summed E-state index contributed by atoms with van der Waals surface area (Å²) < 4.78 is 49.3. The summed E-state index contributed by atoms with van der Waals surface area (Å²) in [6.45, 7) is 0. The molecular weight excluding hydrogens is 369 g/mol. The zero-order chi connectivity index (χ0) is 19.8. The van der Waals surface area contributed by atoms with Gasteiger partial charge in [-0.05, 0) is 0 Å². The molecule has 5 nitrogen and oxygen atoms in total. The van der Waals surface area contributed by atoms with E-state index in [1.165, 1.54) is 17.8 Å². The molecule has 0 aliphatic rings. The van der Waals surface area contributed by atoms with Gasteiger partial charge in [0.15, 0.2) is 5.65 Å². The Morgan fingerprint density at radius 1 is 1.04 bits per heavy atom. The first-order valence-electron chi connectivity index (χ1n) is 8.11. The van der Waals surface area contributed by atoms with E-state index in [2.05, 4.69) is 10.1 Å². The smallest absolute Gasteiger partial charge is 0.225 e. The van der Waals surface area contributed by atoms with E-state index >= 15 is 0 Å². The van der Waals surface area contributed by atoms with Crippen LogP contribution < -0.4 is 4.74 Å². The van der Waals surface area contributed by atoms with Crippen LogP contribution in [0, 0.1) is 28.8 Å². The van der Waals surface area contributed by atoms with Gasteiger partial charge in [-0.25, -0.2) is 17.7 Å². The summed E-state index contributed by atoms with van der Waals surface area (Å²) in [5.74, 6) is -3.38. The third-order valence-electron chi connectivity index (χ3n) is 4.23. The molecule has 0 aliphatic heterocycles. The van der Waals surface area contributed by atoms with Crippen LogP contribution in [0.4, 0.5) is 13.2 Å². The van der Waals surface area contributed by atoms with E-state index in [0.717, 1.165) is 0 Å². The lowest BCUT2D eigenvalue weighted by atomic mass is 9.98. The quantitative estimate of drug-likeness (QED) is 0.530. The fourth-order valence-electron chi connectivity index (χ4n) is 3.07. The molecular formula is C20H11F3N4O. The van der Waals surface area contributed by atoms with Gasteiger partial charge in [-0.1, -0.05) is 30.3 Å². The predicted octanol–water partition coefficient (Wildman–Crippen LogP) is 4.36. The van der Waals surface area contributed by atoms with Gasteiger partial charge in [-0.15, -0.1) is 0 Å². The first-order valence-corrected chi connectivity index (χ1v) is 8.11. The molecule has 8 heteroatoms. The van der Waals surface area contributed by atoms with Crippen molar-refractivity contribution >= 4 is 5.65 Å². The van der Waals surface area contributed by atoms with Crippen molar-refractivity contribution in [2.75, 3.05) is 7.11 Å². The lowest BCUT2D eigenvalue weighted by molar-refractivity contribution is 0.399. The van der Waals surface area contributed by atoms with Crippen molar-refractivity contribution in [1.29, 1.82) is 5.26 Å². The third-order valence-corrected chi connectivity index (χ3v) is 4.23.